The molecule has 1 heterocycles. The molecule has 0 unspecified atom stereocenters. The molecule has 2 N–H and O–H groups in total. The Morgan fingerprint density at radius 3 is 2.84 bits per heavy atom. The lowest BCUT2D eigenvalue weighted by atomic mass is 10.2. The zero-order valence-electron chi connectivity index (χ0n) is 10.4. The fourth-order valence-corrected chi connectivity index (χ4v) is 3.54. The first kappa shape index (κ1) is 14.1. The zero-order chi connectivity index (χ0) is 13.9. The van der Waals surface area contributed by atoms with Gasteiger partial charge in [-0.05, 0) is 23.6 Å². The number of nitrogens with two attached hydrogens (primary N) is 1. The summed E-state index contributed by atoms with van der Waals surface area (Å²) in [5, 5.41) is 7.74. The summed E-state index contributed by atoms with van der Waals surface area (Å²) in [5.74, 6) is 1.05. The Bertz CT molecular complexity index is 686. The third-order valence-corrected chi connectivity index (χ3v) is 4.58. The SMILES string of the molecule is COc1ccc2ccnc(SCCS(N)(=O)=O)c2c1. The quantitative estimate of drug-likeness (QED) is 0.848. The van der Waals surface area contributed by atoms with Crippen LogP contribution in [0.3, 0.4) is 0 Å². The maximum Gasteiger partial charge on any atom is 0.209 e. The number of primary sulfonamides is 1. The molecule has 1 aromatic carbocycles. The summed E-state index contributed by atoms with van der Waals surface area (Å²) in [4.78, 5) is 4.27. The van der Waals surface area contributed by atoms with Gasteiger partial charge in [0, 0.05) is 17.3 Å². The molecule has 0 fully saturated rings. The number of rotatable bonds is 5. The molecule has 0 aliphatic rings. The van der Waals surface area contributed by atoms with Gasteiger partial charge in [0.15, 0.2) is 0 Å². The molecule has 2 aromatic rings. The number of benzene rings is 1. The lowest BCUT2D eigenvalue weighted by molar-refractivity contribution is 0.415. The maximum atomic E-state index is 10.9. The molecule has 7 heteroatoms. The standard InChI is InChI=1S/C12H14N2O3S2/c1-17-10-3-2-9-4-5-14-12(11(9)8-10)18-6-7-19(13,15)16/h2-5,8H,6-7H2,1H3,(H2,13,15,16). The number of pyridine rings is 1. The Balaban J connectivity index is 2.27. The van der Waals surface area contributed by atoms with E-state index in [9.17, 15) is 8.42 Å². The molecule has 0 saturated heterocycles. The van der Waals surface area contributed by atoms with Crippen LogP contribution < -0.4 is 9.88 Å². The van der Waals surface area contributed by atoms with Gasteiger partial charge in [0.05, 0.1) is 12.9 Å². The first-order valence-corrected chi connectivity index (χ1v) is 8.26. The molecular weight excluding hydrogens is 284 g/mol. The molecule has 0 amide bonds. The summed E-state index contributed by atoms with van der Waals surface area (Å²) in [6.45, 7) is 0. The van der Waals surface area contributed by atoms with E-state index in [0.29, 0.717) is 5.75 Å². The van der Waals surface area contributed by atoms with E-state index in [1.54, 1.807) is 13.3 Å². The van der Waals surface area contributed by atoms with Gasteiger partial charge >= 0.3 is 0 Å². The summed E-state index contributed by atoms with van der Waals surface area (Å²) in [5.41, 5.74) is 0. The number of sulfonamides is 1. The number of hydrogen-bond donors (Lipinski definition) is 1. The number of fused-ring (bicyclic) bond motifs is 1. The van der Waals surface area contributed by atoms with Gasteiger partial charge in [0.1, 0.15) is 10.8 Å². The van der Waals surface area contributed by atoms with Crippen molar-refractivity contribution in [1.29, 1.82) is 0 Å². The molecule has 0 aliphatic carbocycles. The van der Waals surface area contributed by atoms with E-state index in [0.717, 1.165) is 21.5 Å². The van der Waals surface area contributed by atoms with Crippen LogP contribution in [-0.2, 0) is 10.0 Å². The van der Waals surface area contributed by atoms with E-state index in [-0.39, 0.29) is 5.75 Å². The van der Waals surface area contributed by atoms with Crippen molar-refractivity contribution in [2.45, 2.75) is 5.03 Å². The molecule has 102 valence electrons. The predicted octanol–water partition coefficient (Wildman–Crippen LogP) is 1.62. The van der Waals surface area contributed by atoms with Crippen LogP contribution in [0.15, 0.2) is 35.5 Å². The number of aromatic nitrogens is 1. The summed E-state index contributed by atoms with van der Waals surface area (Å²) >= 11 is 1.37. The molecule has 0 aliphatic heterocycles. The summed E-state index contributed by atoms with van der Waals surface area (Å²) in [6.07, 6.45) is 1.70. The third-order valence-electron chi connectivity index (χ3n) is 2.54. The van der Waals surface area contributed by atoms with E-state index in [1.807, 2.05) is 24.3 Å². The van der Waals surface area contributed by atoms with Crippen LogP contribution in [0, 0.1) is 0 Å². The Kier molecular flexibility index (Phi) is 4.28. The van der Waals surface area contributed by atoms with Crippen molar-refractivity contribution >= 4 is 32.6 Å². The second-order valence-corrected chi connectivity index (χ2v) is 6.74. The van der Waals surface area contributed by atoms with Gasteiger partial charge in [-0.3, -0.25) is 0 Å². The first-order chi connectivity index (χ1) is 8.99. The highest BCUT2D eigenvalue weighted by Gasteiger charge is 2.07. The second kappa shape index (κ2) is 5.77. The van der Waals surface area contributed by atoms with Crippen molar-refractivity contribution in [2.75, 3.05) is 18.6 Å². The highest BCUT2D eigenvalue weighted by molar-refractivity contribution is 8.00. The average molecular weight is 298 g/mol. The van der Waals surface area contributed by atoms with Gasteiger partial charge in [0.25, 0.3) is 0 Å². The Morgan fingerprint density at radius 1 is 1.37 bits per heavy atom. The highest BCUT2D eigenvalue weighted by atomic mass is 32.2. The Morgan fingerprint density at radius 2 is 2.16 bits per heavy atom. The average Bonchev–Trinajstić information content (AvgIpc) is 2.37. The Hall–Kier alpha value is -1.31. The molecule has 19 heavy (non-hydrogen) atoms. The summed E-state index contributed by atoms with van der Waals surface area (Å²) < 4.78 is 27.0. The van der Waals surface area contributed by atoms with Crippen LogP contribution in [0.4, 0.5) is 0 Å². The van der Waals surface area contributed by atoms with Crippen LogP contribution in [0.25, 0.3) is 10.8 Å². The minimum Gasteiger partial charge on any atom is -0.497 e. The topological polar surface area (TPSA) is 82.3 Å². The predicted molar refractivity (Wildman–Crippen MR) is 77.0 cm³/mol. The zero-order valence-corrected chi connectivity index (χ0v) is 12.0. The molecule has 0 atom stereocenters. The van der Waals surface area contributed by atoms with Crippen LogP contribution in [0.1, 0.15) is 0 Å². The monoisotopic (exact) mass is 298 g/mol. The van der Waals surface area contributed by atoms with E-state index >= 15 is 0 Å². The molecule has 1 aromatic heterocycles. The van der Waals surface area contributed by atoms with Crippen molar-refractivity contribution in [1.82, 2.24) is 4.98 Å². The number of hydrogen-bond acceptors (Lipinski definition) is 5. The second-order valence-electron chi connectivity index (χ2n) is 3.92. The lowest BCUT2D eigenvalue weighted by Crippen LogP contribution is -2.17. The van der Waals surface area contributed by atoms with Gasteiger partial charge < -0.3 is 4.74 Å². The van der Waals surface area contributed by atoms with Crippen LogP contribution >= 0.6 is 11.8 Å². The van der Waals surface area contributed by atoms with Gasteiger partial charge in [-0.25, -0.2) is 18.5 Å². The fraction of sp³-hybridized carbons (Fsp3) is 0.250. The van der Waals surface area contributed by atoms with Crippen molar-refractivity contribution in [3.8, 4) is 5.75 Å². The van der Waals surface area contributed by atoms with Gasteiger partial charge in [-0.1, -0.05) is 6.07 Å². The first-order valence-electron chi connectivity index (χ1n) is 5.55. The largest absolute Gasteiger partial charge is 0.497 e. The lowest BCUT2D eigenvalue weighted by Gasteiger charge is -2.06. The molecule has 5 nitrogen and oxygen atoms in total. The molecular formula is C12H14N2O3S2. The fourth-order valence-electron chi connectivity index (χ4n) is 1.62. The number of methoxy groups -OCH3 is 1. The summed E-state index contributed by atoms with van der Waals surface area (Å²) in [7, 11) is -1.83. The Labute approximate surface area is 116 Å². The minimum atomic E-state index is -3.43. The third kappa shape index (κ3) is 3.82. The van der Waals surface area contributed by atoms with Crippen LogP contribution in [-0.4, -0.2) is 32.0 Å². The van der Waals surface area contributed by atoms with Crippen LogP contribution in [0.5, 0.6) is 5.75 Å². The minimum absolute atomic E-state index is 0.0697. The van der Waals surface area contributed by atoms with Crippen LogP contribution in [0.2, 0.25) is 0 Å². The van der Waals surface area contributed by atoms with E-state index in [2.05, 4.69) is 4.98 Å². The van der Waals surface area contributed by atoms with E-state index in [1.165, 1.54) is 11.8 Å². The van der Waals surface area contributed by atoms with Crippen molar-refractivity contribution in [2.24, 2.45) is 5.14 Å². The van der Waals surface area contributed by atoms with Crippen molar-refractivity contribution in [3.05, 3.63) is 30.5 Å². The maximum absolute atomic E-state index is 10.9. The van der Waals surface area contributed by atoms with E-state index in [4.69, 9.17) is 9.88 Å². The van der Waals surface area contributed by atoms with Gasteiger partial charge in [-0.2, -0.15) is 0 Å². The number of thioether (sulfide) groups is 1. The normalized spacial score (nSPS) is 11.7. The number of ether oxygens (including phenoxy) is 1. The molecule has 2 rings (SSSR count). The van der Waals surface area contributed by atoms with Crippen molar-refractivity contribution < 1.29 is 13.2 Å². The molecule has 0 saturated carbocycles. The highest BCUT2D eigenvalue weighted by Crippen LogP contribution is 2.28. The molecule has 0 radical (unpaired) electrons. The van der Waals surface area contributed by atoms with E-state index < -0.39 is 10.0 Å². The molecule has 0 bridgehead atoms. The summed E-state index contributed by atoms with van der Waals surface area (Å²) in [6, 6.07) is 7.61. The van der Waals surface area contributed by atoms with Gasteiger partial charge in [-0.15, -0.1) is 11.8 Å². The smallest absolute Gasteiger partial charge is 0.209 e. The van der Waals surface area contributed by atoms with Gasteiger partial charge in [0.2, 0.25) is 10.0 Å². The van der Waals surface area contributed by atoms with Crippen molar-refractivity contribution in [3.63, 3.8) is 0 Å². The molecule has 0 spiro atoms. The number of nitrogens with zero attached hydrogens (tertiary/aromatic N) is 1.